The van der Waals surface area contributed by atoms with Gasteiger partial charge in [0, 0.05) is 28.8 Å². The number of hydrogen-bond acceptors (Lipinski definition) is 4. The first-order chi connectivity index (χ1) is 14.2. The van der Waals surface area contributed by atoms with Crippen molar-refractivity contribution in [2.24, 2.45) is 5.92 Å². The summed E-state index contributed by atoms with van der Waals surface area (Å²) in [6.07, 6.45) is 0.0647. The van der Waals surface area contributed by atoms with Gasteiger partial charge in [-0.2, -0.15) is 0 Å². The lowest BCUT2D eigenvalue weighted by Gasteiger charge is -2.20. The summed E-state index contributed by atoms with van der Waals surface area (Å²) in [5.41, 5.74) is 4.13. The third kappa shape index (κ3) is 4.68. The van der Waals surface area contributed by atoms with E-state index in [1.54, 1.807) is 24.0 Å². The van der Waals surface area contributed by atoms with Crippen molar-refractivity contribution in [1.82, 2.24) is 0 Å². The summed E-state index contributed by atoms with van der Waals surface area (Å²) in [5, 5.41) is 3.18. The maximum Gasteiger partial charge on any atom is 0.311 e. The Balaban J connectivity index is 1.58. The van der Waals surface area contributed by atoms with Crippen LogP contribution in [0.25, 0.3) is 0 Å². The molecule has 3 rings (SSSR count). The van der Waals surface area contributed by atoms with Gasteiger partial charge in [-0.15, -0.1) is 0 Å². The number of ether oxygens (including phenoxy) is 1. The number of carbonyl (C=O) groups is 3. The molecule has 2 aromatic rings. The second kappa shape index (κ2) is 9.18. The quantitative estimate of drug-likeness (QED) is 0.620. The summed E-state index contributed by atoms with van der Waals surface area (Å²) < 4.78 is 5.90. The molecule has 0 bridgehead atoms. The molecule has 158 valence electrons. The molecule has 1 aliphatic heterocycles. The van der Waals surface area contributed by atoms with Gasteiger partial charge in [0.15, 0.2) is 6.61 Å². The topological polar surface area (TPSA) is 75.7 Å². The highest BCUT2D eigenvalue weighted by atomic mass is 79.9. The van der Waals surface area contributed by atoms with E-state index < -0.39 is 24.4 Å². The molecule has 1 N–H and O–H groups in total. The molecular weight excluding hydrogens is 472 g/mol. The Hall–Kier alpha value is -2.38. The summed E-state index contributed by atoms with van der Waals surface area (Å²) in [6, 6.07) is 9.17. The molecule has 2 aromatic carbocycles. The van der Waals surface area contributed by atoms with Gasteiger partial charge in [0.05, 0.1) is 10.9 Å². The van der Waals surface area contributed by atoms with E-state index in [0.717, 1.165) is 21.3 Å². The molecule has 8 heteroatoms. The SMILES string of the molecule is Cc1cccc(N2C[C@@H](C(=O)OCC(=O)Nc3ccc(Br)c(Cl)c3C)CC2=O)c1C. The molecule has 30 heavy (non-hydrogen) atoms. The minimum absolute atomic E-state index is 0.0647. The molecule has 0 spiro atoms. The maximum absolute atomic E-state index is 12.5. The van der Waals surface area contributed by atoms with Crippen LogP contribution in [-0.2, 0) is 19.1 Å². The number of nitrogens with zero attached hydrogens (tertiary/aromatic N) is 1. The zero-order chi connectivity index (χ0) is 22.0. The van der Waals surface area contributed by atoms with Gasteiger partial charge < -0.3 is 15.0 Å². The maximum atomic E-state index is 12.5. The number of esters is 1. The van der Waals surface area contributed by atoms with E-state index in [1.807, 2.05) is 32.0 Å². The largest absolute Gasteiger partial charge is 0.455 e. The van der Waals surface area contributed by atoms with Crippen molar-refractivity contribution >= 4 is 56.7 Å². The number of hydrogen-bond donors (Lipinski definition) is 1. The van der Waals surface area contributed by atoms with Gasteiger partial charge in [0.25, 0.3) is 5.91 Å². The fraction of sp³-hybridized carbons (Fsp3) is 0.318. The minimum Gasteiger partial charge on any atom is -0.455 e. The fourth-order valence-corrected chi connectivity index (χ4v) is 3.95. The number of nitrogens with one attached hydrogen (secondary N) is 1. The van der Waals surface area contributed by atoms with Crippen molar-refractivity contribution in [3.8, 4) is 0 Å². The molecule has 1 aliphatic rings. The molecule has 1 heterocycles. The number of aryl methyl sites for hydroxylation is 1. The van der Waals surface area contributed by atoms with E-state index in [1.165, 1.54) is 0 Å². The van der Waals surface area contributed by atoms with Crippen LogP contribution in [0.2, 0.25) is 5.02 Å². The predicted octanol–water partition coefficient (Wildman–Crippen LogP) is 4.56. The summed E-state index contributed by atoms with van der Waals surface area (Å²) in [5.74, 6) is -1.76. The monoisotopic (exact) mass is 492 g/mol. The van der Waals surface area contributed by atoms with Crippen LogP contribution in [-0.4, -0.2) is 30.9 Å². The number of halogens is 2. The molecule has 6 nitrogen and oxygen atoms in total. The minimum atomic E-state index is -0.603. The molecule has 0 radical (unpaired) electrons. The second-order valence-electron chi connectivity index (χ2n) is 7.31. The normalized spacial score (nSPS) is 16.0. The van der Waals surface area contributed by atoms with Crippen LogP contribution in [0, 0.1) is 26.7 Å². The van der Waals surface area contributed by atoms with E-state index in [4.69, 9.17) is 16.3 Å². The highest BCUT2D eigenvalue weighted by Crippen LogP contribution is 2.31. The standard InChI is InChI=1S/C22H22BrClN2O4/c1-12-5-4-6-18(13(12)2)26-10-15(9-20(26)28)22(29)30-11-19(27)25-17-8-7-16(23)21(24)14(17)3/h4-8,15H,9-11H2,1-3H3,(H,25,27)/t15-/m0/s1. The Bertz CT molecular complexity index is 1020. The van der Waals surface area contributed by atoms with Crippen molar-refractivity contribution in [3.05, 3.63) is 56.5 Å². The number of benzene rings is 2. The van der Waals surface area contributed by atoms with Gasteiger partial charge in [0.2, 0.25) is 5.91 Å². The average molecular weight is 494 g/mol. The Kier molecular flexibility index (Phi) is 6.83. The van der Waals surface area contributed by atoms with Crippen LogP contribution in [0.5, 0.6) is 0 Å². The van der Waals surface area contributed by atoms with E-state index in [0.29, 0.717) is 16.3 Å². The van der Waals surface area contributed by atoms with Crippen LogP contribution in [0.3, 0.4) is 0 Å². The molecular formula is C22H22BrClN2O4. The smallest absolute Gasteiger partial charge is 0.311 e. The first-order valence-electron chi connectivity index (χ1n) is 9.46. The van der Waals surface area contributed by atoms with Gasteiger partial charge in [-0.05, 0) is 71.6 Å². The summed E-state index contributed by atoms with van der Waals surface area (Å²) in [7, 11) is 0. The molecule has 0 aromatic heterocycles. The van der Waals surface area contributed by atoms with Crippen molar-refractivity contribution < 1.29 is 19.1 Å². The van der Waals surface area contributed by atoms with Crippen molar-refractivity contribution in [1.29, 1.82) is 0 Å². The highest BCUT2D eigenvalue weighted by molar-refractivity contribution is 9.10. The Morgan fingerprint density at radius 2 is 1.93 bits per heavy atom. The first kappa shape index (κ1) is 22.3. The van der Waals surface area contributed by atoms with Crippen LogP contribution < -0.4 is 10.2 Å². The van der Waals surface area contributed by atoms with Crippen molar-refractivity contribution in [2.75, 3.05) is 23.4 Å². The van der Waals surface area contributed by atoms with Gasteiger partial charge in [-0.1, -0.05) is 23.7 Å². The Morgan fingerprint density at radius 3 is 2.67 bits per heavy atom. The molecule has 0 saturated carbocycles. The molecule has 0 aliphatic carbocycles. The third-order valence-corrected chi connectivity index (χ3v) is 6.66. The zero-order valence-electron chi connectivity index (χ0n) is 16.9. The highest BCUT2D eigenvalue weighted by Gasteiger charge is 2.37. The van der Waals surface area contributed by atoms with Crippen molar-refractivity contribution in [3.63, 3.8) is 0 Å². The van der Waals surface area contributed by atoms with Crippen LogP contribution >= 0.6 is 27.5 Å². The first-order valence-corrected chi connectivity index (χ1v) is 10.6. The Morgan fingerprint density at radius 1 is 1.20 bits per heavy atom. The summed E-state index contributed by atoms with van der Waals surface area (Å²) in [6.45, 7) is 5.51. The van der Waals surface area contributed by atoms with Crippen LogP contribution in [0.1, 0.15) is 23.1 Å². The lowest BCUT2D eigenvalue weighted by Crippen LogP contribution is -2.28. The number of carbonyl (C=O) groups excluding carboxylic acids is 3. The zero-order valence-corrected chi connectivity index (χ0v) is 19.3. The van der Waals surface area contributed by atoms with Gasteiger partial charge in [-0.25, -0.2) is 0 Å². The molecule has 2 amide bonds. The molecule has 1 fully saturated rings. The molecule has 0 unspecified atom stereocenters. The van der Waals surface area contributed by atoms with E-state index in [2.05, 4.69) is 21.2 Å². The van der Waals surface area contributed by atoms with Crippen LogP contribution in [0.15, 0.2) is 34.8 Å². The summed E-state index contributed by atoms with van der Waals surface area (Å²) in [4.78, 5) is 38.7. The van der Waals surface area contributed by atoms with Crippen molar-refractivity contribution in [2.45, 2.75) is 27.2 Å². The van der Waals surface area contributed by atoms with Gasteiger partial charge in [-0.3, -0.25) is 14.4 Å². The Labute approximate surface area is 188 Å². The number of rotatable bonds is 5. The van der Waals surface area contributed by atoms with Gasteiger partial charge >= 0.3 is 5.97 Å². The lowest BCUT2D eigenvalue weighted by molar-refractivity contribution is -0.151. The lowest BCUT2D eigenvalue weighted by atomic mass is 10.1. The second-order valence-corrected chi connectivity index (χ2v) is 8.55. The predicted molar refractivity (Wildman–Crippen MR) is 120 cm³/mol. The number of anilines is 2. The molecule has 1 atom stereocenters. The average Bonchev–Trinajstić information content (AvgIpc) is 3.10. The fourth-order valence-electron chi connectivity index (χ4n) is 3.35. The van der Waals surface area contributed by atoms with Crippen LogP contribution in [0.4, 0.5) is 11.4 Å². The van der Waals surface area contributed by atoms with Gasteiger partial charge in [0.1, 0.15) is 0 Å². The number of amides is 2. The third-order valence-electron chi connectivity index (χ3n) is 5.28. The summed E-state index contributed by atoms with van der Waals surface area (Å²) >= 11 is 9.48. The van der Waals surface area contributed by atoms with E-state index in [9.17, 15) is 14.4 Å². The molecule has 1 saturated heterocycles. The van der Waals surface area contributed by atoms with E-state index in [-0.39, 0.29) is 18.9 Å². The van der Waals surface area contributed by atoms with E-state index >= 15 is 0 Å².